The Morgan fingerprint density at radius 3 is 2.39 bits per heavy atom. The summed E-state index contributed by atoms with van der Waals surface area (Å²) in [6, 6.07) is 5.88. The van der Waals surface area contributed by atoms with E-state index in [4.69, 9.17) is 9.15 Å². The van der Waals surface area contributed by atoms with E-state index in [1.165, 1.54) is 18.2 Å². The lowest BCUT2D eigenvalue weighted by atomic mass is 10.1. The van der Waals surface area contributed by atoms with Crippen molar-refractivity contribution in [2.45, 2.75) is 26.7 Å². The van der Waals surface area contributed by atoms with E-state index in [1.54, 1.807) is 6.07 Å². The van der Waals surface area contributed by atoms with Gasteiger partial charge in [-0.15, -0.1) is 0 Å². The molecule has 0 radical (unpaired) electrons. The normalized spacial score (nSPS) is 11.7. The van der Waals surface area contributed by atoms with Crippen molar-refractivity contribution in [3.63, 3.8) is 0 Å². The van der Waals surface area contributed by atoms with Crippen molar-refractivity contribution < 1.29 is 23.0 Å². The second kappa shape index (κ2) is 6.07. The fourth-order valence-corrected chi connectivity index (χ4v) is 2.59. The number of furan rings is 1. The van der Waals surface area contributed by atoms with Gasteiger partial charge in [0.05, 0.1) is 6.61 Å². The van der Waals surface area contributed by atoms with Gasteiger partial charge in [0, 0.05) is 10.8 Å². The van der Waals surface area contributed by atoms with Crippen LogP contribution in [0.2, 0.25) is 0 Å². The molecule has 0 atom stereocenters. The molecule has 0 aliphatic carbocycles. The Morgan fingerprint density at radius 2 is 1.70 bits per heavy atom. The van der Waals surface area contributed by atoms with E-state index in [2.05, 4.69) is 13.8 Å². The quantitative estimate of drug-likeness (QED) is 0.641. The molecule has 23 heavy (non-hydrogen) atoms. The molecule has 3 aromatic rings. The highest BCUT2D eigenvalue weighted by atomic mass is 19.1. The molecular formula is C18H18F2O3. The number of aromatic hydroxyl groups is 1. The molecule has 3 rings (SSSR count). The molecule has 0 spiro atoms. The van der Waals surface area contributed by atoms with E-state index < -0.39 is 17.4 Å². The third kappa shape index (κ3) is 2.83. The first-order valence-corrected chi connectivity index (χ1v) is 7.64. The molecule has 122 valence electrons. The van der Waals surface area contributed by atoms with Crippen LogP contribution in [0, 0.1) is 17.6 Å². The summed E-state index contributed by atoms with van der Waals surface area (Å²) in [6.45, 7) is 4.64. The Kier molecular flexibility index (Phi) is 4.11. The van der Waals surface area contributed by atoms with Crippen molar-refractivity contribution in [1.29, 1.82) is 0 Å². The van der Waals surface area contributed by atoms with Crippen molar-refractivity contribution in [1.82, 2.24) is 0 Å². The molecule has 0 unspecified atom stereocenters. The summed E-state index contributed by atoms with van der Waals surface area (Å²) < 4.78 is 39.2. The zero-order valence-corrected chi connectivity index (χ0v) is 13.0. The van der Waals surface area contributed by atoms with Crippen LogP contribution in [0.3, 0.4) is 0 Å². The van der Waals surface area contributed by atoms with E-state index >= 15 is 0 Å². The summed E-state index contributed by atoms with van der Waals surface area (Å²) in [5.41, 5.74) is -0.221. The molecule has 0 saturated carbocycles. The van der Waals surface area contributed by atoms with Gasteiger partial charge < -0.3 is 14.3 Å². The Bertz CT molecular complexity index is 852. The summed E-state index contributed by atoms with van der Waals surface area (Å²) in [4.78, 5) is 0. The summed E-state index contributed by atoms with van der Waals surface area (Å²) in [6.07, 6.45) is 1.83. The summed E-state index contributed by atoms with van der Waals surface area (Å²) >= 11 is 0. The van der Waals surface area contributed by atoms with Crippen LogP contribution < -0.4 is 4.74 Å². The monoisotopic (exact) mass is 320 g/mol. The molecule has 1 aromatic heterocycles. The van der Waals surface area contributed by atoms with Gasteiger partial charge >= 0.3 is 0 Å². The van der Waals surface area contributed by atoms with Crippen LogP contribution in [0.1, 0.15) is 26.7 Å². The van der Waals surface area contributed by atoms with Gasteiger partial charge in [-0.25, -0.2) is 0 Å². The van der Waals surface area contributed by atoms with E-state index in [1.807, 2.05) is 0 Å². The first-order valence-electron chi connectivity index (χ1n) is 7.64. The Labute approximate surface area is 132 Å². The molecule has 0 saturated heterocycles. The second-order valence-electron chi connectivity index (χ2n) is 6.02. The van der Waals surface area contributed by atoms with E-state index in [9.17, 15) is 13.9 Å². The zero-order chi connectivity index (χ0) is 16.6. The van der Waals surface area contributed by atoms with Crippen molar-refractivity contribution >= 4 is 21.9 Å². The molecular weight excluding hydrogens is 302 g/mol. The number of benzene rings is 2. The first kappa shape index (κ1) is 15.6. The third-order valence-electron chi connectivity index (χ3n) is 3.82. The second-order valence-corrected chi connectivity index (χ2v) is 6.02. The van der Waals surface area contributed by atoms with Crippen LogP contribution in [-0.4, -0.2) is 11.7 Å². The summed E-state index contributed by atoms with van der Waals surface area (Å²) in [5.74, 6) is -1.41. The van der Waals surface area contributed by atoms with Crippen LogP contribution in [0.4, 0.5) is 8.78 Å². The van der Waals surface area contributed by atoms with Crippen LogP contribution in [0.15, 0.2) is 28.7 Å². The van der Waals surface area contributed by atoms with E-state index in [0.29, 0.717) is 23.3 Å². The van der Waals surface area contributed by atoms with Gasteiger partial charge in [0.1, 0.15) is 0 Å². The van der Waals surface area contributed by atoms with Gasteiger partial charge in [-0.1, -0.05) is 13.8 Å². The maximum atomic E-state index is 14.5. The van der Waals surface area contributed by atoms with Gasteiger partial charge in [-0.2, -0.15) is 8.78 Å². The van der Waals surface area contributed by atoms with Crippen molar-refractivity contribution in [3.8, 4) is 11.5 Å². The maximum Gasteiger partial charge on any atom is 0.208 e. The lowest BCUT2D eigenvalue weighted by Gasteiger charge is -2.08. The lowest BCUT2D eigenvalue weighted by Crippen LogP contribution is -2.01. The lowest BCUT2D eigenvalue weighted by molar-refractivity contribution is 0.284. The van der Waals surface area contributed by atoms with Crippen molar-refractivity contribution in [2.24, 2.45) is 5.92 Å². The smallest absolute Gasteiger partial charge is 0.208 e. The Morgan fingerprint density at radius 1 is 1.04 bits per heavy atom. The molecule has 0 aliphatic heterocycles. The van der Waals surface area contributed by atoms with Crippen molar-refractivity contribution in [3.05, 3.63) is 35.9 Å². The van der Waals surface area contributed by atoms with Gasteiger partial charge in [0.2, 0.25) is 11.6 Å². The SMILES string of the molecule is CC(C)CCCOc1ccc2c(oc3c(F)c(O)ccc32)c1F. The number of hydrogen-bond donors (Lipinski definition) is 1. The van der Waals surface area contributed by atoms with Gasteiger partial charge in [0.15, 0.2) is 22.7 Å². The highest BCUT2D eigenvalue weighted by molar-refractivity contribution is 6.06. The molecule has 0 fully saturated rings. The fourth-order valence-electron chi connectivity index (χ4n) is 2.59. The average Bonchev–Trinajstić information content (AvgIpc) is 2.89. The molecule has 0 bridgehead atoms. The number of fused-ring (bicyclic) bond motifs is 3. The minimum atomic E-state index is -0.891. The zero-order valence-electron chi connectivity index (χ0n) is 13.0. The molecule has 1 heterocycles. The van der Waals surface area contributed by atoms with Gasteiger partial charge in [-0.05, 0) is 43.0 Å². The average molecular weight is 320 g/mol. The molecule has 1 N–H and O–H groups in total. The molecule has 2 aromatic carbocycles. The highest BCUT2D eigenvalue weighted by Crippen LogP contribution is 2.37. The number of hydrogen-bond acceptors (Lipinski definition) is 3. The van der Waals surface area contributed by atoms with Crippen molar-refractivity contribution in [2.75, 3.05) is 6.61 Å². The Hall–Kier alpha value is -2.30. The predicted octanol–water partition coefficient (Wildman–Crippen LogP) is 5.38. The number of ether oxygens (including phenoxy) is 1. The number of phenolic OH excluding ortho intramolecular Hbond substituents is 1. The van der Waals surface area contributed by atoms with Gasteiger partial charge in [-0.3, -0.25) is 0 Å². The minimum Gasteiger partial charge on any atom is -0.505 e. The van der Waals surface area contributed by atoms with E-state index in [-0.39, 0.29) is 16.9 Å². The van der Waals surface area contributed by atoms with Crippen LogP contribution in [-0.2, 0) is 0 Å². The first-order chi connectivity index (χ1) is 11.0. The molecule has 0 aliphatic rings. The number of phenols is 1. The Balaban J connectivity index is 1.96. The number of rotatable bonds is 5. The molecule has 5 heteroatoms. The highest BCUT2D eigenvalue weighted by Gasteiger charge is 2.19. The minimum absolute atomic E-state index is 0.0640. The number of halogens is 2. The maximum absolute atomic E-state index is 14.5. The summed E-state index contributed by atoms with van der Waals surface area (Å²) in [5, 5.41) is 10.3. The molecule has 3 nitrogen and oxygen atoms in total. The van der Waals surface area contributed by atoms with Crippen LogP contribution in [0.25, 0.3) is 21.9 Å². The third-order valence-corrected chi connectivity index (χ3v) is 3.82. The van der Waals surface area contributed by atoms with E-state index in [0.717, 1.165) is 12.8 Å². The largest absolute Gasteiger partial charge is 0.505 e. The summed E-state index contributed by atoms with van der Waals surface area (Å²) in [7, 11) is 0. The topological polar surface area (TPSA) is 42.6 Å². The van der Waals surface area contributed by atoms with Gasteiger partial charge in [0.25, 0.3) is 0 Å². The fraction of sp³-hybridized carbons (Fsp3) is 0.333. The molecule has 0 amide bonds. The van der Waals surface area contributed by atoms with Crippen LogP contribution >= 0.6 is 0 Å². The predicted molar refractivity (Wildman–Crippen MR) is 84.9 cm³/mol. The standard InChI is InChI=1S/C18H18F2O3/c1-10(2)4-3-9-22-14-8-6-12-11-5-7-13(21)15(19)17(11)23-18(12)16(14)20/h5-8,10,21H,3-4,9H2,1-2H3. The van der Waals surface area contributed by atoms with Crippen LogP contribution in [0.5, 0.6) is 11.5 Å².